The highest BCUT2D eigenvalue weighted by molar-refractivity contribution is 5.52. The van der Waals surface area contributed by atoms with Crippen LogP contribution in [-0.2, 0) is 6.54 Å². The van der Waals surface area contributed by atoms with Gasteiger partial charge in [0, 0.05) is 30.4 Å². The number of non-ortho nitro benzene ring substituents is 1. The van der Waals surface area contributed by atoms with Crippen LogP contribution in [0.1, 0.15) is 32.3 Å². The van der Waals surface area contributed by atoms with Crippen molar-refractivity contribution in [2.75, 3.05) is 12.3 Å². The first-order valence-electron chi connectivity index (χ1n) is 6.76. The molecular formula is C14H21N3O2. The zero-order valence-electron chi connectivity index (χ0n) is 11.5. The molecule has 0 amide bonds. The van der Waals surface area contributed by atoms with E-state index in [1.54, 1.807) is 12.1 Å². The molecule has 1 heterocycles. The van der Waals surface area contributed by atoms with E-state index in [0.717, 1.165) is 12.1 Å². The van der Waals surface area contributed by atoms with Gasteiger partial charge in [0.15, 0.2) is 0 Å². The molecule has 0 saturated carbocycles. The average Bonchev–Trinajstić information content (AvgIpc) is 2.37. The molecule has 0 aromatic heterocycles. The smallest absolute Gasteiger partial charge is 0.269 e. The second-order valence-electron chi connectivity index (χ2n) is 5.47. The van der Waals surface area contributed by atoms with Gasteiger partial charge in [0.05, 0.1) is 4.92 Å². The summed E-state index contributed by atoms with van der Waals surface area (Å²) >= 11 is 0. The number of hydrogen-bond donors (Lipinski definition) is 1. The molecule has 2 atom stereocenters. The Kier molecular flexibility index (Phi) is 4.04. The molecule has 1 saturated heterocycles. The Hall–Kier alpha value is -1.62. The highest BCUT2D eigenvalue weighted by atomic mass is 16.6. The van der Waals surface area contributed by atoms with E-state index in [9.17, 15) is 10.1 Å². The van der Waals surface area contributed by atoms with Gasteiger partial charge in [-0.3, -0.25) is 15.0 Å². The molecule has 0 spiro atoms. The molecule has 104 valence electrons. The third kappa shape index (κ3) is 3.04. The largest absolute Gasteiger partial charge is 0.398 e. The van der Waals surface area contributed by atoms with Crippen molar-refractivity contribution in [1.29, 1.82) is 0 Å². The number of nitro benzene ring substituents is 1. The molecule has 5 nitrogen and oxygen atoms in total. The van der Waals surface area contributed by atoms with E-state index in [2.05, 4.69) is 18.7 Å². The molecule has 19 heavy (non-hydrogen) atoms. The fourth-order valence-electron chi connectivity index (χ4n) is 2.71. The number of anilines is 1. The predicted octanol–water partition coefficient (Wildman–Crippen LogP) is 2.80. The summed E-state index contributed by atoms with van der Waals surface area (Å²) in [7, 11) is 0. The third-order valence-electron chi connectivity index (χ3n) is 4.22. The first-order valence-corrected chi connectivity index (χ1v) is 6.76. The number of benzene rings is 1. The highest BCUT2D eigenvalue weighted by Crippen LogP contribution is 2.27. The van der Waals surface area contributed by atoms with Crippen LogP contribution in [0.3, 0.4) is 0 Å². The molecule has 0 aliphatic carbocycles. The number of nitro groups is 1. The summed E-state index contributed by atoms with van der Waals surface area (Å²) in [5, 5.41) is 10.8. The van der Waals surface area contributed by atoms with Crippen molar-refractivity contribution >= 4 is 11.4 Å². The van der Waals surface area contributed by atoms with E-state index in [4.69, 9.17) is 5.73 Å². The number of likely N-dealkylation sites (tertiary alicyclic amines) is 1. The van der Waals surface area contributed by atoms with Crippen molar-refractivity contribution in [3.05, 3.63) is 33.9 Å². The van der Waals surface area contributed by atoms with E-state index in [-0.39, 0.29) is 10.6 Å². The second kappa shape index (κ2) is 5.57. The maximum Gasteiger partial charge on any atom is 0.269 e. The molecule has 0 bridgehead atoms. The normalized spacial score (nSPS) is 24.3. The van der Waals surface area contributed by atoms with Crippen LogP contribution in [0.15, 0.2) is 18.2 Å². The Bertz CT molecular complexity index is 476. The molecule has 1 fully saturated rings. The Balaban J connectivity index is 2.18. The summed E-state index contributed by atoms with van der Waals surface area (Å²) < 4.78 is 0. The Morgan fingerprint density at radius 3 is 2.89 bits per heavy atom. The number of rotatable bonds is 3. The molecular weight excluding hydrogens is 242 g/mol. The topological polar surface area (TPSA) is 72.4 Å². The molecule has 1 aromatic carbocycles. The minimum absolute atomic E-state index is 0.113. The number of nitrogens with two attached hydrogens (primary N) is 1. The number of nitrogen functional groups attached to an aromatic ring is 1. The van der Waals surface area contributed by atoms with E-state index in [1.807, 2.05) is 0 Å². The quantitative estimate of drug-likeness (QED) is 0.517. The lowest BCUT2D eigenvalue weighted by Gasteiger charge is -2.38. The summed E-state index contributed by atoms with van der Waals surface area (Å²) in [5.74, 6) is 0.661. The van der Waals surface area contributed by atoms with Crippen LogP contribution in [-0.4, -0.2) is 22.4 Å². The van der Waals surface area contributed by atoms with Gasteiger partial charge in [-0.25, -0.2) is 0 Å². The van der Waals surface area contributed by atoms with Gasteiger partial charge in [0.25, 0.3) is 5.69 Å². The molecule has 0 radical (unpaired) electrons. The SMILES string of the molecule is CC1CCCN(Cc2cc([N+](=O)[O-])ccc2N)C1C. The van der Waals surface area contributed by atoms with Crippen LogP contribution in [0, 0.1) is 16.0 Å². The number of hydrogen-bond acceptors (Lipinski definition) is 4. The van der Waals surface area contributed by atoms with E-state index in [1.165, 1.54) is 18.9 Å². The van der Waals surface area contributed by atoms with Crippen LogP contribution in [0.25, 0.3) is 0 Å². The van der Waals surface area contributed by atoms with Crippen LogP contribution in [0.5, 0.6) is 0 Å². The molecule has 5 heteroatoms. The first-order chi connectivity index (χ1) is 8.99. The highest BCUT2D eigenvalue weighted by Gasteiger charge is 2.25. The van der Waals surface area contributed by atoms with E-state index in [0.29, 0.717) is 24.2 Å². The summed E-state index contributed by atoms with van der Waals surface area (Å²) in [4.78, 5) is 12.8. The summed E-state index contributed by atoms with van der Waals surface area (Å²) in [5.41, 5.74) is 7.54. The molecule has 1 aromatic rings. The zero-order chi connectivity index (χ0) is 14.0. The van der Waals surface area contributed by atoms with Crippen LogP contribution in [0.4, 0.5) is 11.4 Å². The van der Waals surface area contributed by atoms with Gasteiger partial charge < -0.3 is 5.73 Å². The maximum atomic E-state index is 10.8. The Labute approximate surface area is 113 Å². The van der Waals surface area contributed by atoms with Crippen LogP contribution in [0.2, 0.25) is 0 Å². The fourth-order valence-corrected chi connectivity index (χ4v) is 2.71. The van der Waals surface area contributed by atoms with Gasteiger partial charge in [-0.15, -0.1) is 0 Å². The molecule has 1 aliphatic rings. The van der Waals surface area contributed by atoms with Crippen molar-refractivity contribution in [1.82, 2.24) is 4.90 Å². The maximum absolute atomic E-state index is 10.8. The molecule has 2 rings (SSSR count). The van der Waals surface area contributed by atoms with E-state index >= 15 is 0 Å². The number of nitrogens with zero attached hydrogens (tertiary/aromatic N) is 2. The van der Waals surface area contributed by atoms with Crippen molar-refractivity contribution in [2.24, 2.45) is 5.92 Å². The lowest BCUT2D eigenvalue weighted by Crippen LogP contribution is -2.41. The van der Waals surface area contributed by atoms with Gasteiger partial charge >= 0.3 is 0 Å². The summed E-state index contributed by atoms with van der Waals surface area (Å²) in [6.45, 7) is 6.21. The van der Waals surface area contributed by atoms with Crippen LogP contribution < -0.4 is 5.73 Å². The van der Waals surface area contributed by atoms with Gasteiger partial charge in [0.1, 0.15) is 0 Å². The van der Waals surface area contributed by atoms with Crippen LogP contribution >= 0.6 is 0 Å². The van der Waals surface area contributed by atoms with Crippen molar-refractivity contribution in [3.63, 3.8) is 0 Å². The predicted molar refractivity (Wildman–Crippen MR) is 75.8 cm³/mol. The monoisotopic (exact) mass is 263 g/mol. The lowest BCUT2D eigenvalue weighted by atomic mass is 9.91. The second-order valence-corrected chi connectivity index (χ2v) is 5.47. The third-order valence-corrected chi connectivity index (χ3v) is 4.22. The van der Waals surface area contributed by atoms with Gasteiger partial charge in [-0.2, -0.15) is 0 Å². The molecule has 1 aliphatic heterocycles. The zero-order valence-corrected chi connectivity index (χ0v) is 11.5. The van der Waals surface area contributed by atoms with E-state index < -0.39 is 0 Å². The molecule has 2 unspecified atom stereocenters. The van der Waals surface area contributed by atoms with Gasteiger partial charge in [0.2, 0.25) is 0 Å². The van der Waals surface area contributed by atoms with Gasteiger partial charge in [-0.1, -0.05) is 6.92 Å². The standard InChI is InChI=1S/C14H21N3O2/c1-10-4-3-7-16(11(10)2)9-12-8-13(17(18)19)5-6-14(12)15/h5-6,8,10-11H,3-4,7,9,15H2,1-2H3. The Morgan fingerprint density at radius 2 is 2.21 bits per heavy atom. The summed E-state index contributed by atoms with van der Waals surface area (Å²) in [6.07, 6.45) is 2.43. The minimum Gasteiger partial charge on any atom is -0.398 e. The van der Waals surface area contributed by atoms with Crippen molar-refractivity contribution in [3.8, 4) is 0 Å². The Morgan fingerprint density at radius 1 is 1.47 bits per heavy atom. The van der Waals surface area contributed by atoms with Crippen molar-refractivity contribution < 1.29 is 4.92 Å². The molecule has 2 N–H and O–H groups in total. The first kappa shape index (κ1) is 13.8. The van der Waals surface area contributed by atoms with Gasteiger partial charge in [-0.05, 0) is 43.9 Å². The fraction of sp³-hybridized carbons (Fsp3) is 0.571. The average molecular weight is 263 g/mol. The minimum atomic E-state index is -0.370. The lowest BCUT2D eigenvalue weighted by molar-refractivity contribution is -0.384. The van der Waals surface area contributed by atoms with Crippen molar-refractivity contribution in [2.45, 2.75) is 39.3 Å². The number of piperidine rings is 1. The summed E-state index contributed by atoms with van der Waals surface area (Å²) in [6, 6.07) is 5.18.